The van der Waals surface area contributed by atoms with E-state index in [9.17, 15) is 10.2 Å². The molecule has 0 unspecified atom stereocenters. The van der Waals surface area contributed by atoms with Crippen LogP contribution < -0.4 is 0 Å². The van der Waals surface area contributed by atoms with Gasteiger partial charge in [-0.2, -0.15) is 0 Å². The summed E-state index contributed by atoms with van der Waals surface area (Å²) in [6.07, 6.45) is 36.3. The van der Waals surface area contributed by atoms with Gasteiger partial charge in [0.05, 0.1) is 11.2 Å². The Morgan fingerprint density at radius 2 is 0.833 bits per heavy atom. The van der Waals surface area contributed by atoms with Gasteiger partial charge >= 0.3 is 0 Å². The molecule has 2 nitrogen and oxygen atoms in total. The van der Waals surface area contributed by atoms with Crippen LogP contribution in [0.2, 0.25) is 0 Å². The molecule has 0 spiro atoms. The van der Waals surface area contributed by atoms with Crippen LogP contribution in [0.1, 0.15) is 133 Å². The predicted octanol–water partition coefficient (Wildman–Crippen LogP) is 11.8. The number of rotatable bonds is 20. The molecule has 0 aromatic heterocycles. The SMILES string of the molecule is CC(/C=C/C=C(\C)CC/C=C(\C)CCCC(C)(C)O)=C\C=C\C=C(C)\C=C\C=C(/C)CC/C=C(\C)CCCC(C)(C)O. The molecule has 236 valence electrons. The third-order valence-corrected chi connectivity index (χ3v) is 7.09. The second-order valence-electron chi connectivity index (χ2n) is 13.5. The van der Waals surface area contributed by atoms with Crippen molar-refractivity contribution in [2.75, 3.05) is 0 Å². The molecule has 0 aliphatic carbocycles. The number of hydrogen-bond donors (Lipinski definition) is 2. The van der Waals surface area contributed by atoms with Gasteiger partial charge in [0.1, 0.15) is 0 Å². The minimum Gasteiger partial charge on any atom is -0.390 e. The molecule has 0 saturated carbocycles. The molecule has 0 radical (unpaired) electrons. The summed E-state index contributed by atoms with van der Waals surface area (Å²) in [7, 11) is 0. The molecule has 2 heteroatoms. The minimum atomic E-state index is -0.559. The van der Waals surface area contributed by atoms with E-state index in [2.05, 4.69) is 114 Å². The lowest BCUT2D eigenvalue weighted by molar-refractivity contribution is 0.0683. The number of hydrogen-bond acceptors (Lipinski definition) is 2. The van der Waals surface area contributed by atoms with Crippen molar-refractivity contribution in [3.8, 4) is 0 Å². The summed E-state index contributed by atoms with van der Waals surface area (Å²) in [6, 6.07) is 0. The van der Waals surface area contributed by atoms with Crippen molar-refractivity contribution in [1.82, 2.24) is 0 Å². The van der Waals surface area contributed by atoms with Crippen molar-refractivity contribution in [2.45, 2.75) is 145 Å². The highest BCUT2D eigenvalue weighted by Gasteiger charge is 2.11. The Hall–Kier alpha value is -2.42. The van der Waals surface area contributed by atoms with Crippen molar-refractivity contribution in [2.24, 2.45) is 0 Å². The van der Waals surface area contributed by atoms with Gasteiger partial charge in [-0.3, -0.25) is 0 Å². The Labute approximate surface area is 260 Å². The highest BCUT2D eigenvalue weighted by Crippen LogP contribution is 2.18. The van der Waals surface area contributed by atoms with Crippen molar-refractivity contribution < 1.29 is 10.2 Å². The standard InChI is InChI=1S/C40H64O2/c1-33(21-13-23-35(3)25-15-27-37(5)29-17-31-39(7,8)41)19-11-12-20-34(2)22-14-24-36(4)26-16-28-38(6)30-18-32-40(9,10)42/h11-14,19-24,27-28,41-42H,15-18,25-26,29-32H2,1-10H3/b12-11+,21-13+,22-14+,33-19+,34-20+,35-23+,36-24+,37-27+,38-28+. The molecule has 0 saturated heterocycles. The molecule has 0 bridgehead atoms. The van der Waals surface area contributed by atoms with Crippen molar-refractivity contribution >= 4 is 0 Å². The molecule has 0 aromatic carbocycles. The first-order valence-electron chi connectivity index (χ1n) is 16.0. The Bertz CT molecular complexity index is 950. The summed E-state index contributed by atoms with van der Waals surface area (Å²) >= 11 is 0. The van der Waals surface area contributed by atoms with Crippen LogP contribution in [0, 0.1) is 0 Å². The first kappa shape index (κ1) is 39.6. The van der Waals surface area contributed by atoms with Gasteiger partial charge in [0.25, 0.3) is 0 Å². The Morgan fingerprint density at radius 3 is 1.17 bits per heavy atom. The van der Waals surface area contributed by atoms with Gasteiger partial charge in [-0.05, 0) is 133 Å². The average molecular weight is 577 g/mol. The van der Waals surface area contributed by atoms with Crippen LogP contribution in [-0.2, 0) is 0 Å². The maximum atomic E-state index is 9.83. The molecule has 0 aliphatic rings. The molecule has 2 N–H and O–H groups in total. The van der Waals surface area contributed by atoms with Gasteiger partial charge in [-0.15, -0.1) is 0 Å². The molecule has 0 rings (SSSR count). The second-order valence-corrected chi connectivity index (χ2v) is 13.5. The molecular formula is C40H64O2. The molecule has 42 heavy (non-hydrogen) atoms. The molecule has 0 heterocycles. The van der Waals surface area contributed by atoms with Crippen LogP contribution in [0.4, 0.5) is 0 Å². The largest absolute Gasteiger partial charge is 0.390 e. The fourth-order valence-corrected chi connectivity index (χ4v) is 4.32. The molecule has 0 atom stereocenters. The summed E-state index contributed by atoms with van der Waals surface area (Å²) in [6.45, 7) is 20.6. The van der Waals surface area contributed by atoms with Gasteiger partial charge in [0.2, 0.25) is 0 Å². The van der Waals surface area contributed by atoms with Crippen LogP contribution in [0.25, 0.3) is 0 Å². The van der Waals surface area contributed by atoms with Crippen molar-refractivity contribution in [1.29, 1.82) is 0 Å². The van der Waals surface area contributed by atoms with Gasteiger partial charge in [-0.1, -0.05) is 106 Å². The third-order valence-electron chi connectivity index (χ3n) is 7.09. The van der Waals surface area contributed by atoms with E-state index < -0.39 is 11.2 Å². The predicted molar refractivity (Wildman–Crippen MR) is 189 cm³/mol. The normalized spacial score (nSPS) is 15.7. The van der Waals surface area contributed by atoms with E-state index >= 15 is 0 Å². The number of aliphatic hydroxyl groups is 2. The molecule has 0 aliphatic heterocycles. The zero-order chi connectivity index (χ0) is 32.0. The van der Waals surface area contributed by atoms with E-state index in [0.29, 0.717) is 0 Å². The first-order chi connectivity index (χ1) is 19.6. The number of allylic oxidation sites excluding steroid dienone is 18. The lowest BCUT2D eigenvalue weighted by Gasteiger charge is -2.16. The van der Waals surface area contributed by atoms with Crippen LogP contribution in [-0.4, -0.2) is 21.4 Å². The Kier molecular flexibility index (Phi) is 20.9. The molecular weight excluding hydrogens is 512 g/mol. The Balaban J connectivity index is 4.48. The fraction of sp³-hybridized carbons (Fsp3) is 0.550. The maximum Gasteiger partial charge on any atom is 0.0591 e. The first-order valence-corrected chi connectivity index (χ1v) is 16.0. The zero-order valence-electron chi connectivity index (χ0n) is 28.9. The van der Waals surface area contributed by atoms with E-state index in [4.69, 9.17) is 0 Å². The van der Waals surface area contributed by atoms with Crippen LogP contribution in [0.3, 0.4) is 0 Å². The van der Waals surface area contributed by atoms with E-state index in [-0.39, 0.29) is 0 Å². The summed E-state index contributed by atoms with van der Waals surface area (Å²) < 4.78 is 0. The Morgan fingerprint density at radius 1 is 0.476 bits per heavy atom. The quantitative estimate of drug-likeness (QED) is 0.112. The smallest absolute Gasteiger partial charge is 0.0591 e. The van der Waals surface area contributed by atoms with Crippen LogP contribution >= 0.6 is 0 Å². The van der Waals surface area contributed by atoms with Crippen LogP contribution in [0.15, 0.2) is 106 Å². The van der Waals surface area contributed by atoms with E-state index in [0.717, 1.165) is 64.2 Å². The lowest BCUT2D eigenvalue weighted by atomic mass is 9.99. The maximum absolute atomic E-state index is 9.83. The summed E-state index contributed by atoms with van der Waals surface area (Å²) in [4.78, 5) is 0. The summed E-state index contributed by atoms with van der Waals surface area (Å²) in [5.74, 6) is 0. The van der Waals surface area contributed by atoms with Crippen molar-refractivity contribution in [3.63, 3.8) is 0 Å². The lowest BCUT2D eigenvalue weighted by Crippen LogP contribution is -2.17. The third kappa shape index (κ3) is 27.7. The summed E-state index contributed by atoms with van der Waals surface area (Å²) in [5, 5.41) is 19.7. The highest BCUT2D eigenvalue weighted by molar-refractivity contribution is 5.29. The minimum absolute atomic E-state index is 0.559. The monoisotopic (exact) mass is 576 g/mol. The molecule has 0 aromatic rings. The van der Waals surface area contributed by atoms with Gasteiger partial charge in [0.15, 0.2) is 0 Å². The van der Waals surface area contributed by atoms with Gasteiger partial charge in [-0.25, -0.2) is 0 Å². The molecule has 0 amide bonds. The topological polar surface area (TPSA) is 40.5 Å². The highest BCUT2D eigenvalue weighted by atomic mass is 16.3. The molecule has 0 fully saturated rings. The van der Waals surface area contributed by atoms with E-state index in [1.807, 2.05) is 27.7 Å². The fourth-order valence-electron chi connectivity index (χ4n) is 4.32. The van der Waals surface area contributed by atoms with E-state index in [1.165, 1.54) is 33.4 Å². The zero-order valence-corrected chi connectivity index (χ0v) is 28.9. The van der Waals surface area contributed by atoms with E-state index in [1.54, 1.807) is 0 Å². The van der Waals surface area contributed by atoms with Gasteiger partial charge in [0, 0.05) is 0 Å². The average Bonchev–Trinajstić information content (AvgIpc) is 2.85. The summed E-state index contributed by atoms with van der Waals surface area (Å²) in [5.41, 5.74) is 6.94. The second kappa shape index (κ2) is 22.2. The van der Waals surface area contributed by atoms with Crippen molar-refractivity contribution in [3.05, 3.63) is 106 Å². The van der Waals surface area contributed by atoms with Crippen LogP contribution in [0.5, 0.6) is 0 Å². The van der Waals surface area contributed by atoms with Gasteiger partial charge < -0.3 is 10.2 Å².